The van der Waals surface area contributed by atoms with Gasteiger partial charge in [0.05, 0.1) is 4.88 Å². The highest BCUT2D eigenvalue weighted by molar-refractivity contribution is 7.11. The highest BCUT2D eigenvalue weighted by Crippen LogP contribution is 2.10. The molecule has 1 rings (SSSR count). The van der Waals surface area contributed by atoms with E-state index in [1.807, 2.05) is 0 Å². The summed E-state index contributed by atoms with van der Waals surface area (Å²) in [6.45, 7) is 0. The molecule has 0 atom stereocenters. The van der Waals surface area contributed by atoms with Gasteiger partial charge in [-0.2, -0.15) is 5.26 Å². The van der Waals surface area contributed by atoms with Gasteiger partial charge in [0.25, 0.3) is 0 Å². The Bertz CT molecular complexity index is 361. The second-order valence-corrected chi connectivity index (χ2v) is 2.66. The molecule has 0 bridgehead atoms. The van der Waals surface area contributed by atoms with E-state index in [1.54, 1.807) is 17.5 Å². The Balaban J connectivity index is 2.91. The molecule has 0 fully saturated rings. The minimum absolute atomic E-state index is 0.632. The fourth-order valence-electron chi connectivity index (χ4n) is 0.580. The van der Waals surface area contributed by atoms with Gasteiger partial charge in [0.15, 0.2) is 12.4 Å². The van der Waals surface area contributed by atoms with Gasteiger partial charge in [-0.3, -0.25) is 4.79 Å². The molecule has 11 heavy (non-hydrogen) atoms. The second-order valence-electron chi connectivity index (χ2n) is 1.72. The summed E-state index contributed by atoms with van der Waals surface area (Å²) in [5.74, 6) is 4.84. The monoisotopic (exact) mass is 161 g/mol. The van der Waals surface area contributed by atoms with Crippen molar-refractivity contribution in [3.8, 4) is 17.9 Å². The molecule has 0 amide bonds. The SMILES string of the molecule is N#CC#Cc1csc(C=O)c1. The van der Waals surface area contributed by atoms with Gasteiger partial charge in [-0.25, -0.2) is 0 Å². The van der Waals surface area contributed by atoms with Crippen molar-refractivity contribution in [3.63, 3.8) is 0 Å². The second kappa shape index (κ2) is 3.55. The number of carbonyl (C=O) groups is 1. The van der Waals surface area contributed by atoms with Gasteiger partial charge in [0.2, 0.25) is 0 Å². The molecule has 0 aromatic carbocycles. The van der Waals surface area contributed by atoms with Gasteiger partial charge in [-0.15, -0.1) is 11.3 Å². The van der Waals surface area contributed by atoms with Crippen LogP contribution in [-0.2, 0) is 0 Å². The van der Waals surface area contributed by atoms with Gasteiger partial charge in [0.1, 0.15) is 0 Å². The lowest BCUT2D eigenvalue weighted by Gasteiger charge is -1.71. The molecule has 0 aliphatic rings. The van der Waals surface area contributed by atoms with Crippen molar-refractivity contribution in [1.29, 1.82) is 5.26 Å². The van der Waals surface area contributed by atoms with Crippen LogP contribution < -0.4 is 0 Å². The first kappa shape index (κ1) is 7.53. The van der Waals surface area contributed by atoms with Crippen molar-refractivity contribution in [3.05, 3.63) is 21.9 Å². The third-order valence-electron chi connectivity index (χ3n) is 0.999. The summed E-state index contributed by atoms with van der Waals surface area (Å²) in [6.07, 6.45) is 0.766. The van der Waals surface area contributed by atoms with Crippen molar-refractivity contribution in [1.82, 2.24) is 0 Å². The first-order valence-electron chi connectivity index (χ1n) is 2.80. The predicted octanol–water partition coefficient (Wildman–Crippen LogP) is 1.44. The van der Waals surface area contributed by atoms with Crippen LogP contribution in [0.25, 0.3) is 0 Å². The number of thiophene rings is 1. The van der Waals surface area contributed by atoms with Crippen molar-refractivity contribution in [2.75, 3.05) is 0 Å². The summed E-state index contributed by atoms with van der Waals surface area (Å²) < 4.78 is 0. The summed E-state index contributed by atoms with van der Waals surface area (Å²) in [5, 5.41) is 9.85. The number of aldehydes is 1. The Hall–Kier alpha value is -1.58. The average Bonchev–Trinajstić information content (AvgIpc) is 2.48. The number of rotatable bonds is 1. The Labute approximate surface area is 68.1 Å². The summed E-state index contributed by atoms with van der Waals surface area (Å²) in [7, 11) is 0. The molecular weight excluding hydrogens is 158 g/mol. The molecule has 1 aromatic heterocycles. The standard InChI is InChI=1S/C8H3NOS/c9-3-1-2-7-4-8(5-10)11-6-7/h4-6H. The number of nitriles is 1. The Morgan fingerprint density at radius 2 is 2.45 bits per heavy atom. The van der Waals surface area contributed by atoms with E-state index in [-0.39, 0.29) is 0 Å². The van der Waals surface area contributed by atoms with Crippen LogP contribution in [0.5, 0.6) is 0 Å². The quantitative estimate of drug-likeness (QED) is 0.462. The molecule has 0 aliphatic heterocycles. The Morgan fingerprint density at radius 3 is 3.00 bits per heavy atom. The van der Waals surface area contributed by atoms with E-state index in [9.17, 15) is 4.79 Å². The van der Waals surface area contributed by atoms with Gasteiger partial charge in [0, 0.05) is 16.9 Å². The molecule has 1 aromatic rings. The molecule has 3 heteroatoms. The van der Waals surface area contributed by atoms with E-state index in [4.69, 9.17) is 5.26 Å². The van der Waals surface area contributed by atoms with E-state index in [1.165, 1.54) is 11.3 Å². The highest BCUT2D eigenvalue weighted by atomic mass is 32.1. The average molecular weight is 161 g/mol. The summed E-state index contributed by atoms with van der Waals surface area (Å²) in [5.41, 5.74) is 0.721. The molecule has 52 valence electrons. The zero-order valence-electron chi connectivity index (χ0n) is 5.50. The Morgan fingerprint density at radius 1 is 1.64 bits per heavy atom. The zero-order valence-corrected chi connectivity index (χ0v) is 6.31. The maximum Gasteiger partial charge on any atom is 0.160 e. The molecule has 0 spiro atoms. The maximum atomic E-state index is 10.2. The lowest BCUT2D eigenvalue weighted by Crippen LogP contribution is -1.66. The van der Waals surface area contributed by atoms with E-state index in [0.717, 1.165) is 11.8 Å². The molecule has 0 N–H and O–H groups in total. The lowest BCUT2D eigenvalue weighted by atomic mass is 10.3. The predicted molar refractivity (Wildman–Crippen MR) is 42.2 cm³/mol. The number of hydrogen-bond donors (Lipinski definition) is 0. The zero-order chi connectivity index (χ0) is 8.10. The minimum atomic E-state index is 0.632. The molecular formula is C8H3NOS. The molecule has 0 unspecified atom stereocenters. The lowest BCUT2D eigenvalue weighted by molar-refractivity contribution is 0.112. The van der Waals surface area contributed by atoms with Crippen LogP contribution in [0, 0.1) is 23.2 Å². The highest BCUT2D eigenvalue weighted by Gasteiger charge is 1.93. The summed E-state index contributed by atoms with van der Waals surface area (Å²) in [6, 6.07) is 3.35. The van der Waals surface area contributed by atoms with Crippen LogP contribution in [0.15, 0.2) is 11.4 Å². The van der Waals surface area contributed by atoms with E-state index >= 15 is 0 Å². The number of hydrogen-bond acceptors (Lipinski definition) is 3. The van der Waals surface area contributed by atoms with Crippen LogP contribution in [0.3, 0.4) is 0 Å². The fraction of sp³-hybridized carbons (Fsp3) is 0. The molecule has 0 radical (unpaired) electrons. The molecule has 0 aliphatic carbocycles. The topological polar surface area (TPSA) is 40.9 Å². The van der Waals surface area contributed by atoms with Gasteiger partial charge >= 0.3 is 0 Å². The van der Waals surface area contributed by atoms with Crippen molar-refractivity contribution >= 4 is 17.6 Å². The minimum Gasteiger partial charge on any atom is -0.297 e. The van der Waals surface area contributed by atoms with E-state index in [2.05, 4.69) is 11.8 Å². The summed E-state index contributed by atoms with van der Waals surface area (Å²) in [4.78, 5) is 10.8. The maximum absolute atomic E-state index is 10.2. The van der Waals surface area contributed by atoms with Crippen LogP contribution in [-0.4, -0.2) is 6.29 Å². The van der Waals surface area contributed by atoms with Gasteiger partial charge in [-0.05, 0) is 12.0 Å². The number of carbonyl (C=O) groups excluding carboxylic acids is 1. The van der Waals surface area contributed by atoms with Crippen molar-refractivity contribution < 1.29 is 4.79 Å². The first-order valence-corrected chi connectivity index (χ1v) is 3.68. The molecule has 2 nitrogen and oxygen atoms in total. The Kier molecular flexibility index (Phi) is 2.43. The van der Waals surface area contributed by atoms with Crippen LogP contribution in [0.2, 0.25) is 0 Å². The number of nitrogens with zero attached hydrogens (tertiary/aromatic N) is 1. The largest absolute Gasteiger partial charge is 0.297 e. The third-order valence-corrected chi connectivity index (χ3v) is 1.86. The first-order chi connectivity index (χ1) is 5.36. The van der Waals surface area contributed by atoms with Crippen molar-refractivity contribution in [2.45, 2.75) is 0 Å². The van der Waals surface area contributed by atoms with Crippen LogP contribution in [0.1, 0.15) is 15.2 Å². The molecule has 0 saturated carbocycles. The van der Waals surface area contributed by atoms with E-state index < -0.39 is 0 Å². The fourth-order valence-corrected chi connectivity index (χ4v) is 1.22. The van der Waals surface area contributed by atoms with Gasteiger partial charge < -0.3 is 0 Å². The smallest absolute Gasteiger partial charge is 0.160 e. The van der Waals surface area contributed by atoms with Gasteiger partial charge in [-0.1, -0.05) is 0 Å². The molecule has 1 heterocycles. The van der Waals surface area contributed by atoms with E-state index in [0.29, 0.717) is 4.88 Å². The summed E-state index contributed by atoms with van der Waals surface area (Å²) >= 11 is 1.32. The molecule has 0 saturated heterocycles. The normalized spacial score (nSPS) is 7.55. The third kappa shape index (κ3) is 1.93. The van der Waals surface area contributed by atoms with Crippen molar-refractivity contribution in [2.24, 2.45) is 0 Å². The van der Waals surface area contributed by atoms with Crippen LogP contribution >= 0.6 is 11.3 Å². The van der Waals surface area contributed by atoms with Crippen LogP contribution in [0.4, 0.5) is 0 Å².